The summed E-state index contributed by atoms with van der Waals surface area (Å²) in [4.78, 5) is 4.29. The Bertz CT molecular complexity index is 719. The Hall–Kier alpha value is -1.20. The molecule has 3 nitrogen and oxygen atoms in total. The maximum absolute atomic E-state index is 12.7. The summed E-state index contributed by atoms with van der Waals surface area (Å²) in [5.74, 6) is 0.0519. The lowest BCUT2D eigenvalue weighted by atomic mass is 9.91. The molecule has 0 aliphatic heterocycles. The van der Waals surface area contributed by atoms with Gasteiger partial charge in [-0.05, 0) is 37.3 Å². The number of nitrogens with zero attached hydrogens (tertiary/aromatic N) is 1. The van der Waals surface area contributed by atoms with Crippen molar-refractivity contribution in [3.63, 3.8) is 0 Å². The molecule has 0 saturated heterocycles. The summed E-state index contributed by atoms with van der Waals surface area (Å²) in [6.07, 6.45) is 2.65. The molecule has 0 amide bonds. The van der Waals surface area contributed by atoms with E-state index < -0.39 is 9.84 Å². The number of aryl methyl sites for hydroxylation is 2. The molecule has 1 aromatic carbocycles. The Morgan fingerprint density at radius 2 is 2.15 bits per heavy atom. The highest BCUT2D eigenvalue weighted by molar-refractivity contribution is 7.90. The summed E-state index contributed by atoms with van der Waals surface area (Å²) in [6, 6.07) is 7.92. The molecule has 0 bridgehead atoms. The summed E-state index contributed by atoms with van der Waals surface area (Å²) in [5, 5.41) is 2.40. The minimum Gasteiger partial charge on any atom is -0.246 e. The second-order valence-corrected chi connectivity index (χ2v) is 8.49. The lowest BCUT2D eigenvalue weighted by molar-refractivity contribution is 0.559. The van der Waals surface area contributed by atoms with E-state index in [9.17, 15) is 8.42 Å². The molecule has 0 radical (unpaired) electrons. The molecule has 5 heteroatoms. The van der Waals surface area contributed by atoms with Crippen LogP contribution < -0.4 is 0 Å². The molecule has 0 N–H and O–H groups in total. The SMILES string of the molecule is Cc1nc(CS(=O)(=O)C2CCCc3ccccc32)cs1. The van der Waals surface area contributed by atoms with Gasteiger partial charge in [0.15, 0.2) is 9.84 Å². The lowest BCUT2D eigenvalue weighted by Crippen LogP contribution is -2.20. The number of thiazole rings is 1. The van der Waals surface area contributed by atoms with Crippen LogP contribution in [0.1, 0.15) is 39.9 Å². The van der Waals surface area contributed by atoms with Gasteiger partial charge in [-0.1, -0.05) is 24.3 Å². The third-order valence-electron chi connectivity index (χ3n) is 3.76. The quantitative estimate of drug-likeness (QED) is 0.872. The summed E-state index contributed by atoms with van der Waals surface area (Å²) >= 11 is 1.50. The predicted octanol–water partition coefficient (Wildman–Crippen LogP) is 3.44. The number of aromatic nitrogens is 1. The first-order chi connectivity index (χ1) is 9.56. The van der Waals surface area contributed by atoms with Crippen LogP contribution in [0.5, 0.6) is 0 Å². The summed E-state index contributed by atoms with van der Waals surface area (Å²) in [6.45, 7) is 1.90. The van der Waals surface area contributed by atoms with E-state index in [4.69, 9.17) is 0 Å². The fraction of sp³-hybridized carbons (Fsp3) is 0.400. The molecule has 20 heavy (non-hydrogen) atoms. The largest absolute Gasteiger partial charge is 0.246 e. The van der Waals surface area contributed by atoms with Crippen molar-refractivity contribution in [1.82, 2.24) is 4.98 Å². The fourth-order valence-corrected chi connectivity index (χ4v) is 5.49. The fourth-order valence-electron chi connectivity index (χ4n) is 2.86. The van der Waals surface area contributed by atoms with Crippen molar-refractivity contribution in [3.8, 4) is 0 Å². The predicted molar refractivity (Wildman–Crippen MR) is 81.6 cm³/mol. The monoisotopic (exact) mass is 307 g/mol. The van der Waals surface area contributed by atoms with Crippen LogP contribution in [0.4, 0.5) is 0 Å². The maximum atomic E-state index is 12.7. The van der Waals surface area contributed by atoms with Crippen LogP contribution in [0.2, 0.25) is 0 Å². The highest BCUT2D eigenvalue weighted by Gasteiger charge is 2.31. The van der Waals surface area contributed by atoms with Crippen LogP contribution in [-0.2, 0) is 22.0 Å². The van der Waals surface area contributed by atoms with Gasteiger partial charge in [0, 0.05) is 5.38 Å². The van der Waals surface area contributed by atoms with Gasteiger partial charge in [-0.2, -0.15) is 0 Å². The molecule has 1 heterocycles. The molecule has 3 rings (SSSR count). The molecular formula is C15H17NO2S2. The van der Waals surface area contributed by atoms with Gasteiger partial charge in [0.2, 0.25) is 0 Å². The van der Waals surface area contributed by atoms with Crippen LogP contribution in [0, 0.1) is 6.92 Å². The summed E-state index contributed by atoms with van der Waals surface area (Å²) in [7, 11) is -3.19. The zero-order valence-corrected chi connectivity index (χ0v) is 13.0. The van der Waals surface area contributed by atoms with Crippen LogP contribution in [0.15, 0.2) is 29.6 Å². The molecule has 1 atom stereocenters. The minimum absolute atomic E-state index is 0.0519. The van der Waals surface area contributed by atoms with E-state index in [1.54, 1.807) is 0 Å². The van der Waals surface area contributed by atoms with Gasteiger partial charge in [-0.15, -0.1) is 11.3 Å². The van der Waals surface area contributed by atoms with Crippen molar-refractivity contribution in [2.75, 3.05) is 0 Å². The maximum Gasteiger partial charge on any atom is 0.163 e. The molecule has 1 aliphatic rings. The van der Waals surface area contributed by atoms with E-state index in [0.717, 1.165) is 29.8 Å². The van der Waals surface area contributed by atoms with Crippen LogP contribution in [0.3, 0.4) is 0 Å². The van der Waals surface area contributed by atoms with E-state index in [1.807, 2.05) is 36.6 Å². The second kappa shape index (κ2) is 5.30. The van der Waals surface area contributed by atoms with E-state index in [2.05, 4.69) is 4.98 Å². The Balaban J connectivity index is 1.92. The summed E-state index contributed by atoms with van der Waals surface area (Å²) < 4.78 is 25.4. The van der Waals surface area contributed by atoms with Crippen LogP contribution in [-0.4, -0.2) is 13.4 Å². The van der Waals surface area contributed by atoms with Crippen molar-refractivity contribution in [3.05, 3.63) is 51.5 Å². The van der Waals surface area contributed by atoms with Gasteiger partial charge >= 0.3 is 0 Å². The molecule has 0 saturated carbocycles. The summed E-state index contributed by atoms with van der Waals surface area (Å²) in [5.41, 5.74) is 2.85. The molecule has 0 fully saturated rings. The van der Waals surface area contributed by atoms with E-state index >= 15 is 0 Å². The van der Waals surface area contributed by atoms with Gasteiger partial charge < -0.3 is 0 Å². The molecule has 0 spiro atoms. The van der Waals surface area contributed by atoms with Gasteiger partial charge in [0.05, 0.1) is 21.7 Å². The van der Waals surface area contributed by atoms with E-state index in [1.165, 1.54) is 16.9 Å². The lowest BCUT2D eigenvalue weighted by Gasteiger charge is -2.25. The molecule has 106 valence electrons. The van der Waals surface area contributed by atoms with Gasteiger partial charge in [0.25, 0.3) is 0 Å². The standard InChI is InChI=1S/C15H17NO2S2/c1-11-16-13(9-19-11)10-20(17,18)15-8-4-6-12-5-2-3-7-14(12)15/h2-3,5,7,9,15H,4,6,8,10H2,1H3. The first kappa shape index (κ1) is 13.8. The second-order valence-electron chi connectivity index (χ2n) is 5.24. The molecular weight excluding hydrogens is 290 g/mol. The van der Waals surface area contributed by atoms with Gasteiger partial charge in [-0.25, -0.2) is 13.4 Å². The number of hydrogen-bond acceptors (Lipinski definition) is 4. The number of sulfone groups is 1. The van der Waals surface area contributed by atoms with Gasteiger partial charge in [-0.3, -0.25) is 0 Å². The smallest absolute Gasteiger partial charge is 0.163 e. The van der Waals surface area contributed by atoms with Gasteiger partial charge in [0.1, 0.15) is 0 Å². The van der Waals surface area contributed by atoms with E-state index in [-0.39, 0.29) is 11.0 Å². The Labute approximate surface area is 123 Å². The van der Waals surface area contributed by atoms with Crippen molar-refractivity contribution < 1.29 is 8.42 Å². The number of fused-ring (bicyclic) bond motifs is 1. The molecule has 1 aromatic heterocycles. The first-order valence-corrected chi connectivity index (χ1v) is 9.36. The van der Waals surface area contributed by atoms with Crippen molar-refractivity contribution in [2.45, 2.75) is 37.2 Å². The van der Waals surface area contributed by atoms with Crippen molar-refractivity contribution in [2.24, 2.45) is 0 Å². The minimum atomic E-state index is -3.19. The zero-order valence-electron chi connectivity index (χ0n) is 11.4. The van der Waals surface area contributed by atoms with Crippen LogP contribution in [0.25, 0.3) is 0 Å². The van der Waals surface area contributed by atoms with Crippen LogP contribution >= 0.6 is 11.3 Å². The Morgan fingerprint density at radius 1 is 1.35 bits per heavy atom. The van der Waals surface area contributed by atoms with E-state index in [0.29, 0.717) is 5.69 Å². The first-order valence-electron chi connectivity index (χ1n) is 6.76. The normalized spacial score (nSPS) is 18.8. The third-order valence-corrected chi connectivity index (χ3v) is 6.64. The Kier molecular flexibility index (Phi) is 3.65. The third kappa shape index (κ3) is 2.65. The average Bonchev–Trinajstić information content (AvgIpc) is 2.82. The highest BCUT2D eigenvalue weighted by Crippen LogP contribution is 2.37. The van der Waals surface area contributed by atoms with Crippen molar-refractivity contribution in [1.29, 1.82) is 0 Å². The topological polar surface area (TPSA) is 47.0 Å². The molecule has 1 aliphatic carbocycles. The molecule has 1 unspecified atom stereocenters. The highest BCUT2D eigenvalue weighted by atomic mass is 32.2. The molecule has 2 aromatic rings. The zero-order chi connectivity index (χ0) is 14.2. The number of benzene rings is 1. The number of rotatable bonds is 3. The average molecular weight is 307 g/mol. The Morgan fingerprint density at radius 3 is 2.90 bits per heavy atom. The number of hydrogen-bond donors (Lipinski definition) is 0. The van der Waals surface area contributed by atoms with Crippen molar-refractivity contribution >= 4 is 21.2 Å².